The van der Waals surface area contributed by atoms with Gasteiger partial charge in [-0.25, -0.2) is 0 Å². The number of fused-ring (bicyclic) bond motifs is 3. The van der Waals surface area contributed by atoms with Crippen LogP contribution in [0.5, 0.6) is 0 Å². The molecular formula is C18H11IO. The van der Waals surface area contributed by atoms with Crippen molar-refractivity contribution in [1.29, 1.82) is 0 Å². The number of para-hydroxylation sites is 1. The molecule has 0 N–H and O–H groups in total. The Hall–Kier alpha value is -1.81. The highest BCUT2D eigenvalue weighted by Gasteiger charge is 2.10. The molecule has 0 spiro atoms. The molecular weight excluding hydrogens is 359 g/mol. The predicted molar refractivity (Wildman–Crippen MR) is 91.9 cm³/mol. The zero-order chi connectivity index (χ0) is 13.5. The van der Waals surface area contributed by atoms with Crippen molar-refractivity contribution in [1.82, 2.24) is 0 Å². The molecule has 1 heterocycles. The van der Waals surface area contributed by atoms with E-state index in [1.54, 1.807) is 0 Å². The molecule has 0 amide bonds. The minimum Gasteiger partial charge on any atom is -0.455 e. The summed E-state index contributed by atoms with van der Waals surface area (Å²) in [7, 11) is 0. The molecule has 0 bridgehead atoms. The molecule has 0 atom stereocenters. The molecule has 0 aliphatic carbocycles. The van der Waals surface area contributed by atoms with Crippen LogP contribution in [-0.4, -0.2) is 0 Å². The zero-order valence-corrected chi connectivity index (χ0v) is 12.8. The van der Waals surface area contributed by atoms with E-state index in [-0.39, 0.29) is 0 Å². The molecule has 2 heteroatoms. The summed E-state index contributed by atoms with van der Waals surface area (Å²) in [5.74, 6) is 0. The van der Waals surface area contributed by atoms with Crippen molar-refractivity contribution < 1.29 is 4.42 Å². The van der Waals surface area contributed by atoms with E-state index >= 15 is 0 Å². The van der Waals surface area contributed by atoms with Crippen molar-refractivity contribution in [2.24, 2.45) is 0 Å². The van der Waals surface area contributed by atoms with E-state index in [0.717, 1.165) is 14.7 Å². The highest BCUT2D eigenvalue weighted by atomic mass is 127. The molecule has 1 nitrogen and oxygen atoms in total. The summed E-state index contributed by atoms with van der Waals surface area (Å²) in [6.45, 7) is 0. The maximum absolute atomic E-state index is 6.04. The molecule has 4 rings (SSSR count). The maximum atomic E-state index is 6.04. The first-order valence-corrected chi connectivity index (χ1v) is 7.57. The standard InChI is InChI=1S/C18H11IO/c19-16-8-4-7-15-14-10-9-13(11-17(14)20-18(15)16)12-5-2-1-3-6-12/h1-11H. The normalized spacial score (nSPS) is 11.2. The molecule has 1 aromatic heterocycles. The van der Waals surface area contributed by atoms with E-state index in [0.29, 0.717) is 0 Å². The Morgan fingerprint density at radius 1 is 0.700 bits per heavy atom. The van der Waals surface area contributed by atoms with E-state index in [1.165, 1.54) is 21.9 Å². The first-order chi connectivity index (χ1) is 9.83. The largest absolute Gasteiger partial charge is 0.455 e. The average Bonchev–Trinajstić information content (AvgIpc) is 2.87. The Balaban J connectivity index is 2.01. The summed E-state index contributed by atoms with van der Waals surface area (Å²) in [5, 5.41) is 2.37. The number of hydrogen-bond donors (Lipinski definition) is 0. The first-order valence-electron chi connectivity index (χ1n) is 6.49. The lowest BCUT2D eigenvalue weighted by molar-refractivity contribution is 0.666. The van der Waals surface area contributed by atoms with Gasteiger partial charge in [0.2, 0.25) is 0 Å². The molecule has 4 aromatic rings. The van der Waals surface area contributed by atoms with Crippen molar-refractivity contribution in [3.05, 3.63) is 70.3 Å². The van der Waals surface area contributed by atoms with Gasteiger partial charge in [-0.05, 0) is 51.9 Å². The lowest BCUT2D eigenvalue weighted by Crippen LogP contribution is -1.76. The monoisotopic (exact) mass is 370 g/mol. The van der Waals surface area contributed by atoms with Gasteiger partial charge in [-0.3, -0.25) is 0 Å². The number of furan rings is 1. The van der Waals surface area contributed by atoms with Crippen molar-refractivity contribution in [3.8, 4) is 11.1 Å². The quantitative estimate of drug-likeness (QED) is 0.383. The smallest absolute Gasteiger partial charge is 0.148 e. The van der Waals surface area contributed by atoms with Gasteiger partial charge < -0.3 is 4.42 Å². The van der Waals surface area contributed by atoms with Gasteiger partial charge in [0.05, 0.1) is 3.57 Å². The molecule has 0 saturated carbocycles. The van der Waals surface area contributed by atoms with Crippen molar-refractivity contribution in [3.63, 3.8) is 0 Å². The Kier molecular flexibility index (Phi) is 2.77. The van der Waals surface area contributed by atoms with E-state index in [1.807, 2.05) is 6.07 Å². The van der Waals surface area contributed by atoms with Crippen LogP contribution in [0.3, 0.4) is 0 Å². The number of halogens is 1. The van der Waals surface area contributed by atoms with Gasteiger partial charge >= 0.3 is 0 Å². The van der Waals surface area contributed by atoms with Crippen LogP contribution < -0.4 is 0 Å². The van der Waals surface area contributed by atoms with Crippen LogP contribution in [0.15, 0.2) is 71.1 Å². The van der Waals surface area contributed by atoms with Crippen molar-refractivity contribution in [2.75, 3.05) is 0 Å². The second-order valence-electron chi connectivity index (χ2n) is 4.80. The van der Waals surface area contributed by atoms with Gasteiger partial charge in [-0.2, -0.15) is 0 Å². The maximum Gasteiger partial charge on any atom is 0.148 e. The molecule has 0 aliphatic heterocycles. The minimum atomic E-state index is 0.950. The van der Waals surface area contributed by atoms with Crippen LogP contribution in [0.2, 0.25) is 0 Å². The molecule has 3 aromatic carbocycles. The van der Waals surface area contributed by atoms with Gasteiger partial charge in [0.25, 0.3) is 0 Å². The van der Waals surface area contributed by atoms with Gasteiger partial charge in [0.15, 0.2) is 0 Å². The van der Waals surface area contributed by atoms with Gasteiger partial charge in [0, 0.05) is 10.8 Å². The summed E-state index contributed by atoms with van der Waals surface area (Å²) >= 11 is 2.32. The van der Waals surface area contributed by atoms with Crippen LogP contribution in [-0.2, 0) is 0 Å². The Bertz CT molecular complexity index is 907. The fourth-order valence-corrected chi connectivity index (χ4v) is 3.18. The highest BCUT2D eigenvalue weighted by Crippen LogP contribution is 2.33. The lowest BCUT2D eigenvalue weighted by Gasteiger charge is -2.00. The van der Waals surface area contributed by atoms with Gasteiger partial charge in [-0.1, -0.05) is 48.5 Å². The van der Waals surface area contributed by atoms with Crippen LogP contribution >= 0.6 is 22.6 Å². The third-order valence-electron chi connectivity index (χ3n) is 3.56. The third kappa shape index (κ3) is 1.83. The van der Waals surface area contributed by atoms with E-state index in [9.17, 15) is 0 Å². The molecule has 20 heavy (non-hydrogen) atoms. The van der Waals surface area contributed by atoms with E-state index < -0.39 is 0 Å². The first kappa shape index (κ1) is 12.0. The predicted octanol–water partition coefficient (Wildman–Crippen LogP) is 5.86. The van der Waals surface area contributed by atoms with Crippen molar-refractivity contribution in [2.45, 2.75) is 0 Å². The number of benzene rings is 3. The molecule has 0 saturated heterocycles. The zero-order valence-electron chi connectivity index (χ0n) is 10.6. The van der Waals surface area contributed by atoms with E-state index in [4.69, 9.17) is 4.42 Å². The fourth-order valence-electron chi connectivity index (χ4n) is 2.57. The van der Waals surface area contributed by atoms with Crippen LogP contribution in [0, 0.1) is 3.57 Å². The fraction of sp³-hybridized carbons (Fsp3) is 0. The van der Waals surface area contributed by atoms with Crippen LogP contribution in [0.25, 0.3) is 33.1 Å². The molecule has 0 fully saturated rings. The average molecular weight is 370 g/mol. The SMILES string of the molecule is Ic1cccc2c1oc1cc(-c3ccccc3)ccc12. The molecule has 0 unspecified atom stereocenters. The summed E-state index contributed by atoms with van der Waals surface area (Å²) in [4.78, 5) is 0. The second kappa shape index (κ2) is 4.63. The lowest BCUT2D eigenvalue weighted by atomic mass is 10.0. The van der Waals surface area contributed by atoms with Crippen LogP contribution in [0.1, 0.15) is 0 Å². The van der Waals surface area contributed by atoms with Gasteiger partial charge in [0.1, 0.15) is 11.2 Å². The summed E-state index contributed by atoms with van der Waals surface area (Å²) in [6, 6.07) is 23.1. The van der Waals surface area contributed by atoms with Crippen LogP contribution in [0.4, 0.5) is 0 Å². The Labute approximate surface area is 130 Å². The molecule has 0 radical (unpaired) electrons. The highest BCUT2D eigenvalue weighted by molar-refractivity contribution is 14.1. The minimum absolute atomic E-state index is 0.950. The molecule has 96 valence electrons. The summed E-state index contributed by atoms with van der Waals surface area (Å²) in [5.41, 5.74) is 4.33. The Morgan fingerprint density at radius 3 is 2.40 bits per heavy atom. The Morgan fingerprint density at radius 2 is 1.55 bits per heavy atom. The number of hydrogen-bond acceptors (Lipinski definition) is 1. The number of rotatable bonds is 1. The molecule has 0 aliphatic rings. The second-order valence-corrected chi connectivity index (χ2v) is 5.96. The van der Waals surface area contributed by atoms with E-state index in [2.05, 4.69) is 83.3 Å². The summed E-state index contributed by atoms with van der Waals surface area (Å²) < 4.78 is 7.19. The van der Waals surface area contributed by atoms with Crippen molar-refractivity contribution >= 4 is 44.5 Å². The topological polar surface area (TPSA) is 13.1 Å². The summed E-state index contributed by atoms with van der Waals surface area (Å²) in [6.07, 6.45) is 0. The third-order valence-corrected chi connectivity index (χ3v) is 4.41. The van der Waals surface area contributed by atoms with Gasteiger partial charge in [-0.15, -0.1) is 0 Å².